The molecule has 2 bridgehead atoms. The maximum absolute atomic E-state index is 11.8. The zero-order chi connectivity index (χ0) is 20.4. The Bertz CT molecular complexity index is 606. The molecule has 4 aliphatic rings. The summed E-state index contributed by atoms with van der Waals surface area (Å²) in [7, 11) is 0. The molecule has 0 saturated heterocycles. The monoisotopic (exact) mass is 412 g/mol. The van der Waals surface area contributed by atoms with Crippen LogP contribution in [0.2, 0.25) is 0 Å². The van der Waals surface area contributed by atoms with E-state index in [-0.39, 0.29) is 29.4 Å². The van der Waals surface area contributed by atoms with E-state index in [0.29, 0.717) is 41.9 Å². The molecule has 8 atom stereocenters. The van der Waals surface area contributed by atoms with E-state index in [0.717, 1.165) is 44.9 Å². The fourth-order valence-electron chi connectivity index (χ4n) is 6.73. The van der Waals surface area contributed by atoms with E-state index in [1.165, 1.54) is 13.8 Å². The molecule has 5 nitrogen and oxygen atoms in total. The summed E-state index contributed by atoms with van der Waals surface area (Å²) in [5.74, 6) is 2.31. The molecule has 0 N–H and O–H groups in total. The lowest BCUT2D eigenvalue weighted by atomic mass is 9.49. The molecule has 0 aromatic carbocycles. The number of ether oxygens (including phenoxy) is 2. The molecule has 4 fully saturated rings. The normalized spacial score (nSPS) is 39.1. The molecular weight excluding hydrogens is 380 g/mol. The van der Waals surface area contributed by atoms with Gasteiger partial charge < -0.3 is 9.47 Å². The molecule has 0 heterocycles. The summed E-state index contributed by atoms with van der Waals surface area (Å²) in [6.07, 6.45) is 6.92. The zero-order valence-corrected chi connectivity index (χ0v) is 18.0. The van der Waals surface area contributed by atoms with Crippen molar-refractivity contribution in [3.8, 4) is 0 Å². The number of halogens is 1. The van der Waals surface area contributed by atoms with Gasteiger partial charge >= 0.3 is 11.9 Å². The molecule has 6 heteroatoms. The van der Waals surface area contributed by atoms with Crippen LogP contribution < -0.4 is 0 Å². The first kappa shape index (κ1) is 21.6. The van der Waals surface area contributed by atoms with E-state index in [2.05, 4.69) is 6.92 Å². The summed E-state index contributed by atoms with van der Waals surface area (Å²) in [5.41, 5.74) is 0. The molecule has 4 aliphatic carbocycles. The largest absolute Gasteiger partial charge is 0.463 e. The molecule has 0 radical (unpaired) electrons. The average Bonchev–Trinajstić information content (AvgIpc) is 2.78. The van der Waals surface area contributed by atoms with E-state index in [4.69, 9.17) is 21.1 Å². The first-order valence-corrected chi connectivity index (χ1v) is 11.2. The van der Waals surface area contributed by atoms with Crippen molar-refractivity contribution in [3.05, 3.63) is 0 Å². The molecule has 0 aliphatic heterocycles. The number of fused-ring (bicyclic) bond motifs is 1. The number of esters is 2. The summed E-state index contributed by atoms with van der Waals surface area (Å²) in [4.78, 5) is 34.7. The smallest absolute Gasteiger partial charge is 0.302 e. The van der Waals surface area contributed by atoms with Gasteiger partial charge in [0.05, 0.1) is 0 Å². The third-order valence-corrected chi connectivity index (χ3v) is 7.56. The average molecular weight is 413 g/mol. The Kier molecular flexibility index (Phi) is 7.06. The van der Waals surface area contributed by atoms with Crippen molar-refractivity contribution in [2.24, 2.45) is 35.5 Å². The van der Waals surface area contributed by atoms with Crippen LogP contribution in [0.25, 0.3) is 0 Å². The van der Waals surface area contributed by atoms with E-state index in [1.807, 2.05) is 0 Å². The molecule has 158 valence electrons. The Hall–Kier alpha value is -1.10. The van der Waals surface area contributed by atoms with Crippen LogP contribution in [0.1, 0.15) is 72.1 Å². The van der Waals surface area contributed by atoms with Crippen molar-refractivity contribution in [1.29, 1.82) is 0 Å². The van der Waals surface area contributed by atoms with Gasteiger partial charge in [-0.25, -0.2) is 0 Å². The van der Waals surface area contributed by atoms with Crippen molar-refractivity contribution in [3.63, 3.8) is 0 Å². The van der Waals surface area contributed by atoms with Gasteiger partial charge in [-0.05, 0) is 73.3 Å². The number of rotatable bonds is 7. The second-order valence-corrected chi connectivity index (χ2v) is 9.44. The predicted octanol–water partition coefficient (Wildman–Crippen LogP) is 4.49. The van der Waals surface area contributed by atoms with Gasteiger partial charge in [0.2, 0.25) is 5.24 Å². The van der Waals surface area contributed by atoms with Gasteiger partial charge in [-0.1, -0.05) is 19.8 Å². The summed E-state index contributed by atoms with van der Waals surface area (Å²) in [5, 5.41) is -0.283. The molecule has 0 aromatic rings. The summed E-state index contributed by atoms with van der Waals surface area (Å²) in [6, 6.07) is 0. The molecular formula is C22H33ClO5. The standard InChI is InChI=1S/C22H33ClO5/c1-4-5-17-21-16-7-6-15(27-12(2)24)10-14(16)11-19(28-13(3)25)22(17)18(21)8-9-20(23)26/h14-19,21-22H,4-11H2,1-3H3/t14-,15+,16-,17+,18?,19+,21-,22-/m0/s1. The molecule has 28 heavy (non-hydrogen) atoms. The molecule has 0 amide bonds. The lowest BCUT2D eigenvalue weighted by Gasteiger charge is -2.56. The van der Waals surface area contributed by atoms with E-state index < -0.39 is 0 Å². The Balaban J connectivity index is 1.85. The second kappa shape index (κ2) is 9.15. The van der Waals surface area contributed by atoms with Gasteiger partial charge in [-0.3, -0.25) is 14.4 Å². The first-order valence-electron chi connectivity index (χ1n) is 10.8. The number of carbonyl (C=O) groups excluding carboxylic acids is 3. The number of hydrogen-bond donors (Lipinski definition) is 0. The predicted molar refractivity (Wildman–Crippen MR) is 106 cm³/mol. The Morgan fingerprint density at radius 1 is 0.929 bits per heavy atom. The zero-order valence-electron chi connectivity index (χ0n) is 17.2. The fraction of sp³-hybridized carbons (Fsp3) is 0.864. The van der Waals surface area contributed by atoms with Crippen molar-refractivity contribution < 1.29 is 23.9 Å². The highest BCUT2D eigenvalue weighted by atomic mass is 35.5. The minimum atomic E-state index is -0.283. The summed E-state index contributed by atoms with van der Waals surface area (Å²) < 4.78 is 11.4. The van der Waals surface area contributed by atoms with Crippen LogP contribution in [0.5, 0.6) is 0 Å². The second-order valence-electron chi connectivity index (χ2n) is 9.02. The maximum atomic E-state index is 11.8. The highest BCUT2D eigenvalue weighted by Gasteiger charge is 2.60. The SMILES string of the molecule is CCC[C@@H]1[C@H]2C(CCC(=O)Cl)[C@H]1[C@H](OC(C)=O)C[C@@H]1C[C@H](OC(C)=O)CC[C@@H]12. The molecule has 0 aromatic heterocycles. The van der Waals surface area contributed by atoms with Gasteiger partial charge in [-0.15, -0.1) is 0 Å². The van der Waals surface area contributed by atoms with E-state index in [9.17, 15) is 14.4 Å². The Morgan fingerprint density at radius 3 is 2.21 bits per heavy atom. The van der Waals surface area contributed by atoms with Crippen LogP contribution in [0.3, 0.4) is 0 Å². The highest BCUT2D eigenvalue weighted by molar-refractivity contribution is 6.63. The van der Waals surface area contributed by atoms with Gasteiger partial charge in [0.25, 0.3) is 0 Å². The Morgan fingerprint density at radius 2 is 1.61 bits per heavy atom. The minimum Gasteiger partial charge on any atom is -0.463 e. The third kappa shape index (κ3) is 4.55. The fourth-order valence-corrected chi connectivity index (χ4v) is 6.84. The van der Waals surface area contributed by atoms with E-state index >= 15 is 0 Å². The minimum absolute atomic E-state index is 0.0282. The molecule has 4 rings (SSSR count). The van der Waals surface area contributed by atoms with Crippen LogP contribution in [0.15, 0.2) is 0 Å². The highest BCUT2D eigenvalue weighted by Crippen LogP contribution is 2.63. The van der Waals surface area contributed by atoms with Crippen molar-refractivity contribution in [1.82, 2.24) is 0 Å². The lowest BCUT2D eigenvalue weighted by Crippen LogP contribution is -2.54. The number of hydrogen-bond acceptors (Lipinski definition) is 5. The lowest BCUT2D eigenvalue weighted by molar-refractivity contribution is -0.165. The molecule has 1 unspecified atom stereocenters. The van der Waals surface area contributed by atoms with Crippen LogP contribution in [-0.2, 0) is 23.9 Å². The quantitative estimate of drug-likeness (QED) is 0.455. The molecule has 0 spiro atoms. The summed E-state index contributed by atoms with van der Waals surface area (Å²) in [6.45, 7) is 5.15. The summed E-state index contributed by atoms with van der Waals surface area (Å²) >= 11 is 5.65. The first-order chi connectivity index (χ1) is 13.3. The van der Waals surface area contributed by atoms with Gasteiger partial charge in [-0.2, -0.15) is 0 Å². The Labute approximate surface area is 172 Å². The third-order valence-electron chi connectivity index (χ3n) is 7.38. The van der Waals surface area contributed by atoms with Gasteiger partial charge in [0.15, 0.2) is 0 Å². The maximum Gasteiger partial charge on any atom is 0.302 e. The number of carbonyl (C=O) groups is 3. The topological polar surface area (TPSA) is 69.7 Å². The van der Waals surface area contributed by atoms with Crippen molar-refractivity contribution in [2.75, 3.05) is 0 Å². The van der Waals surface area contributed by atoms with Crippen molar-refractivity contribution in [2.45, 2.75) is 84.3 Å². The van der Waals surface area contributed by atoms with Gasteiger partial charge in [0.1, 0.15) is 12.2 Å². The van der Waals surface area contributed by atoms with Gasteiger partial charge in [0, 0.05) is 26.2 Å². The van der Waals surface area contributed by atoms with Crippen LogP contribution in [0, 0.1) is 35.5 Å². The van der Waals surface area contributed by atoms with Crippen LogP contribution in [-0.4, -0.2) is 29.4 Å². The molecule has 4 saturated carbocycles. The van der Waals surface area contributed by atoms with Crippen molar-refractivity contribution >= 4 is 28.8 Å². The van der Waals surface area contributed by atoms with E-state index in [1.54, 1.807) is 0 Å². The van der Waals surface area contributed by atoms with Crippen LogP contribution in [0.4, 0.5) is 0 Å². The van der Waals surface area contributed by atoms with Crippen LogP contribution >= 0.6 is 11.6 Å².